The van der Waals surface area contributed by atoms with E-state index in [9.17, 15) is 19.2 Å². The van der Waals surface area contributed by atoms with Crippen LogP contribution in [0.15, 0.2) is 30.3 Å². The number of hydrogen-bond donors (Lipinski definition) is 6. The molecule has 10 N–H and O–H groups in total. The molecule has 0 saturated heterocycles. The van der Waals surface area contributed by atoms with Gasteiger partial charge >= 0.3 is 17.9 Å². The van der Waals surface area contributed by atoms with Crippen LogP contribution in [0.2, 0.25) is 0 Å². The van der Waals surface area contributed by atoms with Gasteiger partial charge in [0.1, 0.15) is 17.8 Å². The second kappa shape index (κ2) is 15.3. The maximum absolute atomic E-state index is 11.0. The van der Waals surface area contributed by atoms with Gasteiger partial charge < -0.3 is 37.9 Å². The quantitative estimate of drug-likeness (QED) is 0.238. The molecule has 0 aliphatic heterocycles. The molecule has 0 radical (unpaired) electrons. The summed E-state index contributed by atoms with van der Waals surface area (Å²) >= 11 is 0. The van der Waals surface area contributed by atoms with Crippen molar-refractivity contribution in [3.05, 3.63) is 30.3 Å². The van der Waals surface area contributed by atoms with E-state index in [0.29, 0.717) is 5.75 Å². The average molecular weight is 386 g/mol. The highest BCUT2D eigenvalue weighted by Crippen LogP contribution is 2.08. The van der Waals surface area contributed by atoms with Gasteiger partial charge in [0, 0.05) is 6.42 Å². The van der Waals surface area contributed by atoms with Gasteiger partial charge in [0.2, 0.25) is 5.91 Å². The van der Waals surface area contributed by atoms with Crippen LogP contribution in [-0.2, 0) is 19.2 Å². The van der Waals surface area contributed by atoms with Crippen molar-refractivity contribution in [2.75, 3.05) is 6.54 Å². The highest BCUT2D eigenvalue weighted by molar-refractivity contribution is 5.77. The van der Waals surface area contributed by atoms with Gasteiger partial charge in [-0.05, 0) is 25.5 Å². The van der Waals surface area contributed by atoms with Crippen molar-refractivity contribution in [1.82, 2.24) is 0 Å². The minimum absolute atomic E-state index is 0.0213. The predicted molar refractivity (Wildman–Crippen MR) is 96.5 cm³/mol. The van der Waals surface area contributed by atoms with Crippen LogP contribution in [0.4, 0.5) is 0 Å². The Balaban J connectivity index is 0. The summed E-state index contributed by atoms with van der Waals surface area (Å²) in [5.41, 5.74) is 19.7. The summed E-state index contributed by atoms with van der Waals surface area (Å²) in [5.74, 6) is -2.50. The first kappa shape index (κ1) is 26.2. The molecule has 152 valence electrons. The van der Waals surface area contributed by atoms with Crippen LogP contribution in [0.3, 0.4) is 0 Å². The van der Waals surface area contributed by atoms with Crippen molar-refractivity contribution in [1.29, 1.82) is 0 Å². The van der Waals surface area contributed by atoms with Crippen LogP contribution in [-0.4, -0.2) is 52.7 Å². The Hall–Kier alpha value is -3.02. The number of nitrogens with two attached hydrogens (primary N) is 4. The molecule has 11 heteroatoms. The fraction of sp³-hybridized carbons (Fsp3) is 0.375. The molecular weight excluding hydrogens is 360 g/mol. The predicted octanol–water partition coefficient (Wildman–Crippen LogP) is -1.37. The molecule has 0 fully saturated rings. The van der Waals surface area contributed by atoms with E-state index in [1.165, 1.54) is 0 Å². The number of benzene rings is 1. The molecular formula is C16H26N4O7. The Morgan fingerprint density at radius 3 is 1.89 bits per heavy atom. The maximum Gasteiger partial charge on any atom is 0.328 e. The molecule has 0 spiro atoms. The lowest BCUT2D eigenvalue weighted by atomic mass is 10.2. The van der Waals surface area contributed by atoms with E-state index in [1.54, 1.807) is 31.2 Å². The number of ether oxygens (including phenoxy) is 1. The molecule has 1 rings (SSSR count). The van der Waals surface area contributed by atoms with Crippen molar-refractivity contribution >= 4 is 23.8 Å². The fourth-order valence-corrected chi connectivity index (χ4v) is 1.12. The first-order chi connectivity index (χ1) is 12.5. The van der Waals surface area contributed by atoms with E-state index in [-0.39, 0.29) is 19.4 Å². The second-order valence-electron chi connectivity index (χ2n) is 5.07. The summed E-state index contributed by atoms with van der Waals surface area (Å²) in [6.07, 6.45) is 0.123. The van der Waals surface area contributed by atoms with Gasteiger partial charge in [-0.25, -0.2) is 4.79 Å². The number of carbonyl (C=O) groups excluding carboxylic acids is 2. The first-order valence-electron chi connectivity index (χ1n) is 7.72. The second-order valence-corrected chi connectivity index (χ2v) is 5.07. The summed E-state index contributed by atoms with van der Waals surface area (Å²) < 4.78 is 4.91. The van der Waals surface area contributed by atoms with Crippen LogP contribution in [0.5, 0.6) is 5.75 Å². The van der Waals surface area contributed by atoms with Crippen molar-refractivity contribution in [2.45, 2.75) is 31.8 Å². The van der Waals surface area contributed by atoms with Gasteiger partial charge in [0.15, 0.2) is 0 Å². The standard InChI is InChI=1S/C9H11NO2.C5H10N2O3.C2H5NO2/c1-7(10)9(11)12-8-5-3-2-4-6-8;6-3(5(9)10)1-2-4(7)8;3-1-2(4)5/h2-7H,10H2,1H3;3H,1-2,6H2,(H2,7,8)(H,9,10);1,3H2,(H,4,5)/t7-;3-;/m00./s1. The summed E-state index contributed by atoms with van der Waals surface area (Å²) in [4.78, 5) is 40.3. The zero-order valence-electron chi connectivity index (χ0n) is 14.9. The normalized spacial score (nSPS) is 11.4. The number of hydrogen-bond acceptors (Lipinski definition) is 8. The van der Waals surface area contributed by atoms with Crippen LogP contribution < -0.4 is 27.7 Å². The maximum atomic E-state index is 11.0. The molecule has 0 aromatic heterocycles. The first-order valence-corrected chi connectivity index (χ1v) is 7.72. The third-order valence-corrected chi connectivity index (χ3v) is 2.53. The van der Waals surface area contributed by atoms with Gasteiger partial charge in [-0.3, -0.25) is 14.4 Å². The SMILES string of the molecule is C[C@H](N)C(=O)Oc1ccccc1.NC(=O)CC[C@H](N)C(=O)O.NCC(=O)O. The molecule has 1 aromatic rings. The Labute approximate surface area is 156 Å². The van der Waals surface area contributed by atoms with Gasteiger partial charge in [-0.1, -0.05) is 18.2 Å². The molecule has 0 heterocycles. The summed E-state index contributed by atoms with van der Waals surface area (Å²) in [6.45, 7) is 1.31. The number of esters is 1. The molecule has 11 nitrogen and oxygen atoms in total. The van der Waals surface area contributed by atoms with Crippen LogP contribution in [0.1, 0.15) is 19.8 Å². The Morgan fingerprint density at radius 2 is 1.56 bits per heavy atom. The van der Waals surface area contributed by atoms with Gasteiger partial charge in [-0.15, -0.1) is 0 Å². The molecule has 0 aliphatic rings. The van der Waals surface area contributed by atoms with E-state index in [2.05, 4.69) is 5.73 Å². The molecule has 0 saturated carbocycles. The molecule has 1 aromatic carbocycles. The summed E-state index contributed by atoms with van der Waals surface area (Å²) in [6, 6.07) is 7.30. The minimum Gasteiger partial charge on any atom is -0.480 e. The topological polar surface area (TPSA) is 222 Å². The third kappa shape index (κ3) is 17.6. The smallest absolute Gasteiger partial charge is 0.328 e. The number of carboxylic acids is 2. The van der Waals surface area contributed by atoms with Crippen molar-refractivity contribution in [3.63, 3.8) is 0 Å². The highest BCUT2D eigenvalue weighted by Gasteiger charge is 2.11. The summed E-state index contributed by atoms with van der Waals surface area (Å²) in [7, 11) is 0. The highest BCUT2D eigenvalue weighted by atomic mass is 16.5. The van der Waals surface area contributed by atoms with Crippen molar-refractivity contribution < 1.29 is 34.1 Å². The number of amides is 1. The largest absolute Gasteiger partial charge is 0.480 e. The molecule has 0 bridgehead atoms. The van der Waals surface area contributed by atoms with Gasteiger partial charge in [0.05, 0.1) is 6.54 Å². The summed E-state index contributed by atoms with van der Waals surface area (Å²) in [5, 5.41) is 15.8. The van der Waals surface area contributed by atoms with Gasteiger partial charge in [0.25, 0.3) is 0 Å². The monoisotopic (exact) mass is 386 g/mol. The van der Waals surface area contributed by atoms with E-state index in [1.807, 2.05) is 6.07 Å². The Bertz CT molecular complexity index is 594. The molecule has 27 heavy (non-hydrogen) atoms. The number of para-hydroxylation sites is 1. The molecule has 2 atom stereocenters. The van der Waals surface area contributed by atoms with Crippen molar-refractivity contribution in [3.8, 4) is 5.75 Å². The van der Waals surface area contributed by atoms with E-state index >= 15 is 0 Å². The van der Waals surface area contributed by atoms with E-state index < -0.39 is 35.9 Å². The molecule has 1 amide bonds. The Kier molecular flexibility index (Phi) is 14.8. The lowest BCUT2D eigenvalue weighted by molar-refractivity contribution is -0.139. The number of carbonyl (C=O) groups is 4. The zero-order valence-corrected chi connectivity index (χ0v) is 14.9. The number of aliphatic carboxylic acids is 2. The van der Waals surface area contributed by atoms with E-state index in [0.717, 1.165) is 0 Å². The number of rotatable bonds is 7. The van der Waals surface area contributed by atoms with Crippen LogP contribution in [0, 0.1) is 0 Å². The number of primary amides is 1. The van der Waals surface area contributed by atoms with Gasteiger partial charge in [-0.2, -0.15) is 0 Å². The lowest BCUT2D eigenvalue weighted by Gasteiger charge is -2.05. The fourth-order valence-electron chi connectivity index (χ4n) is 1.12. The molecule has 0 aliphatic carbocycles. The minimum atomic E-state index is -1.11. The Morgan fingerprint density at radius 1 is 1.07 bits per heavy atom. The lowest BCUT2D eigenvalue weighted by Crippen LogP contribution is -2.31. The number of carboxylic acid groups (broad SMARTS) is 2. The zero-order chi connectivity index (χ0) is 21.4. The van der Waals surface area contributed by atoms with Crippen LogP contribution >= 0.6 is 0 Å². The molecule has 0 unspecified atom stereocenters. The van der Waals surface area contributed by atoms with Crippen molar-refractivity contribution in [2.24, 2.45) is 22.9 Å². The average Bonchev–Trinajstić information content (AvgIpc) is 2.61. The van der Waals surface area contributed by atoms with E-state index in [4.69, 9.17) is 32.2 Å². The third-order valence-electron chi connectivity index (χ3n) is 2.53. The van der Waals surface area contributed by atoms with Crippen LogP contribution in [0.25, 0.3) is 0 Å².